The Morgan fingerprint density at radius 3 is 3.00 bits per heavy atom. The summed E-state index contributed by atoms with van der Waals surface area (Å²) < 4.78 is 10.8. The SMILES string of the molecule is CC(Nc1nccc2occc12)C1CCOCC1. The van der Waals surface area contributed by atoms with E-state index in [2.05, 4.69) is 17.2 Å². The van der Waals surface area contributed by atoms with Crippen molar-refractivity contribution < 1.29 is 9.15 Å². The molecule has 0 radical (unpaired) electrons. The van der Waals surface area contributed by atoms with Crippen molar-refractivity contribution in [3.05, 3.63) is 24.6 Å². The Labute approximate surface area is 106 Å². The molecular formula is C14H18N2O2. The highest BCUT2D eigenvalue weighted by molar-refractivity contribution is 5.87. The monoisotopic (exact) mass is 246 g/mol. The van der Waals surface area contributed by atoms with Crippen molar-refractivity contribution >= 4 is 16.8 Å². The fourth-order valence-electron chi connectivity index (χ4n) is 2.56. The first-order valence-corrected chi connectivity index (χ1v) is 6.51. The second kappa shape index (κ2) is 4.98. The Bertz CT molecular complexity index is 517. The topological polar surface area (TPSA) is 47.3 Å². The quantitative estimate of drug-likeness (QED) is 0.904. The summed E-state index contributed by atoms with van der Waals surface area (Å²) in [7, 11) is 0. The fourth-order valence-corrected chi connectivity index (χ4v) is 2.56. The molecule has 0 aromatic carbocycles. The lowest BCUT2D eigenvalue weighted by Crippen LogP contribution is -2.31. The maximum absolute atomic E-state index is 5.40. The van der Waals surface area contributed by atoms with Gasteiger partial charge in [-0.3, -0.25) is 0 Å². The lowest BCUT2D eigenvalue weighted by Gasteiger charge is -2.28. The molecule has 18 heavy (non-hydrogen) atoms. The number of ether oxygens (including phenoxy) is 1. The molecular weight excluding hydrogens is 228 g/mol. The molecule has 2 aromatic rings. The fraction of sp³-hybridized carbons (Fsp3) is 0.500. The first-order valence-electron chi connectivity index (χ1n) is 6.51. The van der Waals surface area contributed by atoms with Gasteiger partial charge in [0.15, 0.2) is 0 Å². The number of pyridine rings is 1. The van der Waals surface area contributed by atoms with E-state index in [-0.39, 0.29) is 0 Å². The van der Waals surface area contributed by atoms with Crippen LogP contribution in [-0.2, 0) is 4.74 Å². The van der Waals surface area contributed by atoms with Crippen LogP contribution in [0.5, 0.6) is 0 Å². The third kappa shape index (κ3) is 2.20. The predicted octanol–water partition coefficient (Wildman–Crippen LogP) is 3.05. The van der Waals surface area contributed by atoms with Gasteiger partial charge >= 0.3 is 0 Å². The average molecular weight is 246 g/mol. The average Bonchev–Trinajstić information content (AvgIpc) is 2.89. The largest absolute Gasteiger partial charge is 0.464 e. The zero-order valence-electron chi connectivity index (χ0n) is 10.6. The second-order valence-corrected chi connectivity index (χ2v) is 4.87. The molecule has 0 spiro atoms. The number of hydrogen-bond donors (Lipinski definition) is 1. The van der Waals surface area contributed by atoms with Crippen molar-refractivity contribution in [2.75, 3.05) is 18.5 Å². The van der Waals surface area contributed by atoms with Crippen LogP contribution in [0.25, 0.3) is 11.0 Å². The van der Waals surface area contributed by atoms with Crippen LogP contribution in [0, 0.1) is 5.92 Å². The van der Waals surface area contributed by atoms with Crippen LogP contribution < -0.4 is 5.32 Å². The number of furan rings is 1. The van der Waals surface area contributed by atoms with Gasteiger partial charge in [0, 0.05) is 25.5 Å². The van der Waals surface area contributed by atoms with Crippen LogP contribution in [0.2, 0.25) is 0 Å². The van der Waals surface area contributed by atoms with E-state index in [4.69, 9.17) is 9.15 Å². The highest BCUT2D eigenvalue weighted by Gasteiger charge is 2.21. The van der Waals surface area contributed by atoms with Crippen molar-refractivity contribution in [1.82, 2.24) is 4.98 Å². The molecule has 1 aliphatic heterocycles. The van der Waals surface area contributed by atoms with E-state index in [0.29, 0.717) is 12.0 Å². The van der Waals surface area contributed by atoms with Gasteiger partial charge in [0.05, 0.1) is 11.6 Å². The predicted molar refractivity (Wildman–Crippen MR) is 70.6 cm³/mol. The molecule has 3 heterocycles. The molecule has 1 atom stereocenters. The van der Waals surface area contributed by atoms with Gasteiger partial charge in [0.2, 0.25) is 0 Å². The van der Waals surface area contributed by atoms with Gasteiger partial charge in [-0.15, -0.1) is 0 Å². The van der Waals surface area contributed by atoms with Crippen LogP contribution in [0.15, 0.2) is 29.0 Å². The summed E-state index contributed by atoms with van der Waals surface area (Å²) in [6, 6.07) is 4.25. The minimum absolute atomic E-state index is 0.405. The second-order valence-electron chi connectivity index (χ2n) is 4.87. The molecule has 1 aliphatic rings. The van der Waals surface area contributed by atoms with E-state index < -0.39 is 0 Å². The van der Waals surface area contributed by atoms with Crippen LogP contribution in [0.3, 0.4) is 0 Å². The highest BCUT2D eigenvalue weighted by Crippen LogP contribution is 2.26. The number of nitrogens with zero attached hydrogens (tertiary/aromatic N) is 1. The molecule has 4 heteroatoms. The van der Waals surface area contributed by atoms with Crippen LogP contribution in [0.1, 0.15) is 19.8 Å². The van der Waals surface area contributed by atoms with Gasteiger partial charge in [0.25, 0.3) is 0 Å². The lowest BCUT2D eigenvalue weighted by molar-refractivity contribution is 0.0622. The summed E-state index contributed by atoms with van der Waals surface area (Å²) >= 11 is 0. The zero-order valence-corrected chi connectivity index (χ0v) is 10.6. The molecule has 96 valence electrons. The normalized spacial score (nSPS) is 18.9. The molecule has 2 aromatic heterocycles. The molecule has 4 nitrogen and oxygen atoms in total. The number of hydrogen-bond acceptors (Lipinski definition) is 4. The van der Waals surface area contributed by atoms with Crippen molar-refractivity contribution in [1.29, 1.82) is 0 Å². The molecule has 1 N–H and O–H groups in total. The summed E-state index contributed by atoms with van der Waals surface area (Å²) in [5.74, 6) is 1.57. The number of nitrogens with one attached hydrogen (secondary N) is 1. The van der Waals surface area contributed by atoms with Crippen LogP contribution >= 0.6 is 0 Å². The maximum atomic E-state index is 5.40. The zero-order chi connectivity index (χ0) is 12.4. The summed E-state index contributed by atoms with van der Waals surface area (Å²) in [5.41, 5.74) is 0.881. The lowest BCUT2D eigenvalue weighted by atomic mass is 9.93. The number of anilines is 1. The van der Waals surface area contributed by atoms with Crippen molar-refractivity contribution in [2.24, 2.45) is 5.92 Å². The van der Waals surface area contributed by atoms with Gasteiger partial charge in [0.1, 0.15) is 11.4 Å². The molecule has 1 saturated heterocycles. The number of rotatable bonds is 3. The summed E-state index contributed by atoms with van der Waals surface area (Å²) in [6.07, 6.45) is 5.73. The van der Waals surface area contributed by atoms with E-state index >= 15 is 0 Å². The smallest absolute Gasteiger partial charge is 0.139 e. The van der Waals surface area contributed by atoms with Crippen LogP contribution in [0.4, 0.5) is 5.82 Å². The minimum atomic E-state index is 0.405. The molecule has 1 unspecified atom stereocenters. The van der Waals surface area contributed by atoms with E-state index in [0.717, 1.165) is 42.8 Å². The summed E-state index contributed by atoms with van der Waals surface area (Å²) in [5, 5.41) is 4.57. The third-order valence-electron chi connectivity index (χ3n) is 3.72. The van der Waals surface area contributed by atoms with E-state index in [1.54, 1.807) is 12.5 Å². The Kier molecular flexibility index (Phi) is 3.19. The molecule has 0 amide bonds. The van der Waals surface area contributed by atoms with Crippen molar-refractivity contribution in [3.63, 3.8) is 0 Å². The Hall–Kier alpha value is -1.55. The van der Waals surface area contributed by atoms with E-state index in [1.807, 2.05) is 12.1 Å². The molecule has 1 fully saturated rings. The van der Waals surface area contributed by atoms with Gasteiger partial charge < -0.3 is 14.5 Å². The highest BCUT2D eigenvalue weighted by atomic mass is 16.5. The van der Waals surface area contributed by atoms with Crippen LogP contribution in [-0.4, -0.2) is 24.2 Å². The van der Waals surface area contributed by atoms with E-state index in [9.17, 15) is 0 Å². The minimum Gasteiger partial charge on any atom is -0.464 e. The van der Waals surface area contributed by atoms with Gasteiger partial charge in [-0.05, 0) is 37.8 Å². The molecule has 0 bridgehead atoms. The van der Waals surface area contributed by atoms with Gasteiger partial charge in [-0.1, -0.05) is 0 Å². The summed E-state index contributed by atoms with van der Waals surface area (Å²) in [6.45, 7) is 3.97. The standard InChI is InChI=1S/C14H18N2O2/c1-10(11-3-7-17-8-4-11)16-14-12-5-9-18-13(12)2-6-15-14/h2,5-6,9-11H,3-4,7-8H2,1H3,(H,15,16). The summed E-state index contributed by atoms with van der Waals surface area (Å²) in [4.78, 5) is 4.41. The van der Waals surface area contributed by atoms with Crippen molar-refractivity contribution in [2.45, 2.75) is 25.8 Å². The molecule has 0 aliphatic carbocycles. The first kappa shape index (κ1) is 11.5. The van der Waals surface area contributed by atoms with Gasteiger partial charge in [-0.25, -0.2) is 4.98 Å². The molecule has 3 rings (SSSR count). The third-order valence-corrected chi connectivity index (χ3v) is 3.72. The Morgan fingerprint density at radius 2 is 2.17 bits per heavy atom. The van der Waals surface area contributed by atoms with E-state index in [1.165, 1.54) is 0 Å². The number of fused-ring (bicyclic) bond motifs is 1. The Balaban J connectivity index is 1.77. The van der Waals surface area contributed by atoms with Crippen molar-refractivity contribution in [3.8, 4) is 0 Å². The number of aromatic nitrogens is 1. The molecule has 0 saturated carbocycles. The maximum Gasteiger partial charge on any atom is 0.139 e. The first-order chi connectivity index (χ1) is 8.84. The Morgan fingerprint density at radius 1 is 1.33 bits per heavy atom. The van der Waals surface area contributed by atoms with Gasteiger partial charge in [-0.2, -0.15) is 0 Å².